The van der Waals surface area contributed by atoms with Crippen LogP contribution in [0.5, 0.6) is 0 Å². The first-order valence-corrected chi connectivity index (χ1v) is 17.8. The Hall–Kier alpha value is -1.14. The molecule has 41 heavy (non-hydrogen) atoms. The average Bonchev–Trinajstić information content (AvgIpc) is 2.96. The summed E-state index contributed by atoms with van der Waals surface area (Å²) >= 11 is 0. The Morgan fingerprint density at radius 2 is 0.805 bits per heavy atom. The van der Waals surface area contributed by atoms with Crippen LogP contribution in [0.2, 0.25) is 0 Å². The van der Waals surface area contributed by atoms with E-state index in [9.17, 15) is 14.7 Å². The number of nitrogens with zero attached hydrogens (tertiary/aromatic N) is 1. The van der Waals surface area contributed by atoms with Crippen LogP contribution >= 0.6 is 0 Å². The third-order valence-electron chi connectivity index (χ3n) is 7.90. The van der Waals surface area contributed by atoms with Gasteiger partial charge in [0.2, 0.25) is 0 Å². The second kappa shape index (κ2) is 33.4. The van der Waals surface area contributed by atoms with Crippen molar-refractivity contribution >= 4 is 11.9 Å². The van der Waals surface area contributed by atoms with Gasteiger partial charge in [0.15, 0.2) is 0 Å². The second-order valence-electron chi connectivity index (χ2n) is 11.9. The molecule has 0 aromatic carbocycles. The lowest BCUT2D eigenvalue weighted by atomic mass is 10.1. The highest BCUT2D eigenvalue weighted by molar-refractivity contribution is 5.69. The zero-order valence-corrected chi connectivity index (χ0v) is 27.4. The molecule has 0 radical (unpaired) electrons. The first-order chi connectivity index (χ1) is 20.1. The van der Waals surface area contributed by atoms with Gasteiger partial charge in [-0.25, -0.2) is 0 Å². The monoisotopic (exact) mass is 584 g/mol. The maximum absolute atomic E-state index is 12.0. The smallest absolute Gasteiger partial charge is 0.305 e. The van der Waals surface area contributed by atoms with Crippen LogP contribution in [-0.4, -0.2) is 61.4 Å². The van der Waals surface area contributed by atoms with Gasteiger partial charge in [0.25, 0.3) is 0 Å². The Balaban J connectivity index is 3.58. The molecule has 6 nitrogen and oxygen atoms in total. The van der Waals surface area contributed by atoms with Crippen LogP contribution in [0.1, 0.15) is 174 Å². The van der Waals surface area contributed by atoms with Crippen molar-refractivity contribution in [1.29, 1.82) is 0 Å². The summed E-state index contributed by atoms with van der Waals surface area (Å²) in [6, 6.07) is 0. The summed E-state index contributed by atoms with van der Waals surface area (Å²) in [5.41, 5.74) is 0. The Bertz CT molecular complexity index is 557. The molecule has 0 heterocycles. The van der Waals surface area contributed by atoms with Gasteiger partial charge >= 0.3 is 11.9 Å². The van der Waals surface area contributed by atoms with Crippen LogP contribution in [-0.2, 0) is 19.1 Å². The van der Waals surface area contributed by atoms with Crippen LogP contribution in [0.25, 0.3) is 0 Å². The summed E-state index contributed by atoms with van der Waals surface area (Å²) in [7, 11) is 0. The number of hydrogen-bond acceptors (Lipinski definition) is 6. The van der Waals surface area contributed by atoms with Gasteiger partial charge in [-0.1, -0.05) is 123 Å². The topological polar surface area (TPSA) is 76.1 Å². The highest BCUT2D eigenvalue weighted by Crippen LogP contribution is 2.11. The number of hydrogen-bond donors (Lipinski definition) is 1. The Morgan fingerprint density at radius 3 is 1.17 bits per heavy atom. The average molecular weight is 584 g/mol. The zero-order valence-electron chi connectivity index (χ0n) is 27.4. The van der Waals surface area contributed by atoms with Gasteiger partial charge < -0.3 is 19.5 Å². The molecule has 0 rings (SSSR count). The molecule has 0 fully saturated rings. The summed E-state index contributed by atoms with van der Waals surface area (Å²) in [5.74, 6) is -0.125. The molecule has 0 aliphatic carbocycles. The van der Waals surface area contributed by atoms with E-state index in [0.29, 0.717) is 32.6 Å². The molecule has 0 aromatic rings. The fourth-order valence-electron chi connectivity index (χ4n) is 5.20. The van der Waals surface area contributed by atoms with E-state index in [2.05, 4.69) is 18.7 Å². The summed E-state index contributed by atoms with van der Waals surface area (Å²) in [6.45, 7) is 8.34. The first-order valence-electron chi connectivity index (χ1n) is 17.8. The van der Waals surface area contributed by atoms with E-state index in [-0.39, 0.29) is 18.5 Å². The molecule has 244 valence electrons. The van der Waals surface area contributed by atoms with Gasteiger partial charge in [-0.3, -0.25) is 9.59 Å². The van der Waals surface area contributed by atoms with Crippen LogP contribution < -0.4 is 0 Å². The molecule has 0 unspecified atom stereocenters. The minimum Gasteiger partial charge on any atom is -0.466 e. The predicted molar refractivity (Wildman–Crippen MR) is 172 cm³/mol. The lowest BCUT2D eigenvalue weighted by Gasteiger charge is -2.21. The number of esters is 2. The maximum Gasteiger partial charge on any atom is 0.305 e. The number of aliphatic hydroxyl groups is 1. The van der Waals surface area contributed by atoms with Crippen LogP contribution in [0.3, 0.4) is 0 Å². The number of aliphatic hydroxyl groups excluding tert-OH is 1. The lowest BCUT2D eigenvalue weighted by molar-refractivity contribution is -0.144. The Kier molecular flexibility index (Phi) is 32.4. The van der Waals surface area contributed by atoms with Gasteiger partial charge in [-0.15, -0.1) is 0 Å². The number of carbonyl (C=O) groups is 2. The molecule has 0 saturated carbocycles. The molecule has 0 aliphatic rings. The van der Waals surface area contributed by atoms with E-state index < -0.39 is 0 Å². The number of ether oxygens (including phenoxy) is 2. The standard InChI is InChI=1S/C35H69NO5/c1-3-5-7-9-11-13-15-17-25-33-41-35(39)27-21-19-23-29-36(30-31-37)28-22-18-20-26-34(38)40-32-24-16-14-12-10-8-6-4-2/h37H,3-33H2,1-2H3. The fraction of sp³-hybridized carbons (Fsp3) is 0.943. The summed E-state index contributed by atoms with van der Waals surface area (Å²) in [4.78, 5) is 26.2. The summed E-state index contributed by atoms with van der Waals surface area (Å²) < 4.78 is 10.8. The molecular formula is C35H69NO5. The van der Waals surface area contributed by atoms with Gasteiger partial charge in [0.05, 0.1) is 19.8 Å². The Labute approximate surface area is 254 Å². The summed E-state index contributed by atoms with van der Waals surface area (Å²) in [6.07, 6.45) is 28.2. The highest BCUT2D eigenvalue weighted by atomic mass is 16.5. The van der Waals surface area contributed by atoms with Crippen molar-refractivity contribution in [2.24, 2.45) is 0 Å². The number of unbranched alkanes of at least 4 members (excludes halogenated alkanes) is 19. The molecule has 0 spiro atoms. The van der Waals surface area contributed by atoms with Crippen LogP contribution in [0.15, 0.2) is 0 Å². The summed E-state index contributed by atoms with van der Waals surface area (Å²) in [5, 5.41) is 9.40. The quantitative estimate of drug-likeness (QED) is 0.0613. The van der Waals surface area contributed by atoms with Crippen LogP contribution in [0.4, 0.5) is 0 Å². The van der Waals surface area contributed by atoms with E-state index in [1.807, 2.05) is 0 Å². The van der Waals surface area contributed by atoms with Crippen molar-refractivity contribution in [1.82, 2.24) is 4.90 Å². The molecule has 1 N–H and O–H groups in total. The molecule has 0 atom stereocenters. The van der Waals surface area contributed by atoms with E-state index >= 15 is 0 Å². The molecule has 0 amide bonds. The largest absolute Gasteiger partial charge is 0.466 e. The van der Waals surface area contributed by atoms with E-state index in [1.54, 1.807) is 0 Å². The number of carbonyl (C=O) groups excluding carboxylic acids is 2. The first kappa shape index (κ1) is 39.9. The van der Waals surface area contributed by atoms with Gasteiger partial charge in [-0.2, -0.15) is 0 Å². The minimum atomic E-state index is -0.0631. The van der Waals surface area contributed by atoms with Crippen LogP contribution in [0, 0.1) is 0 Å². The zero-order chi connectivity index (χ0) is 30.1. The molecule has 6 heteroatoms. The van der Waals surface area contributed by atoms with E-state index in [1.165, 1.54) is 83.5 Å². The van der Waals surface area contributed by atoms with Crippen molar-refractivity contribution in [3.05, 3.63) is 0 Å². The van der Waals surface area contributed by atoms with Crippen molar-refractivity contribution in [2.75, 3.05) is 39.5 Å². The molecule has 0 aromatic heterocycles. The number of rotatable bonds is 33. The van der Waals surface area contributed by atoms with Crippen molar-refractivity contribution in [2.45, 2.75) is 174 Å². The van der Waals surface area contributed by atoms with E-state index in [4.69, 9.17) is 9.47 Å². The lowest BCUT2D eigenvalue weighted by Crippen LogP contribution is -2.29. The van der Waals surface area contributed by atoms with Gasteiger partial charge in [-0.05, 0) is 51.6 Å². The third-order valence-corrected chi connectivity index (χ3v) is 7.90. The molecule has 0 aliphatic heterocycles. The SMILES string of the molecule is CCCCCCCCCCCOC(=O)CCCCCN(CCO)CCCCCC(=O)OCCCCCCCCCC. The maximum atomic E-state index is 12.0. The predicted octanol–water partition coefficient (Wildman–Crippen LogP) is 9.16. The van der Waals surface area contributed by atoms with Crippen molar-refractivity contribution < 1.29 is 24.2 Å². The third kappa shape index (κ3) is 31.6. The minimum absolute atomic E-state index is 0.0619. The fourth-order valence-corrected chi connectivity index (χ4v) is 5.20. The highest BCUT2D eigenvalue weighted by Gasteiger charge is 2.07. The molecular weight excluding hydrogens is 514 g/mol. The molecule has 0 bridgehead atoms. The molecule has 0 saturated heterocycles. The Morgan fingerprint density at radius 1 is 0.463 bits per heavy atom. The van der Waals surface area contributed by atoms with Gasteiger partial charge in [0.1, 0.15) is 0 Å². The van der Waals surface area contributed by atoms with Crippen molar-refractivity contribution in [3.63, 3.8) is 0 Å². The van der Waals surface area contributed by atoms with Gasteiger partial charge in [0, 0.05) is 19.4 Å². The van der Waals surface area contributed by atoms with E-state index in [0.717, 1.165) is 77.3 Å². The second-order valence-corrected chi connectivity index (χ2v) is 11.9. The van der Waals surface area contributed by atoms with Crippen molar-refractivity contribution in [3.8, 4) is 0 Å². The normalized spacial score (nSPS) is 11.3.